The van der Waals surface area contributed by atoms with Crippen LogP contribution in [0.5, 0.6) is 0 Å². The van der Waals surface area contributed by atoms with E-state index in [0.29, 0.717) is 0 Å². The number of rotatable bonds is 3. The summed E-state index contributed by atoms with van der Waals surface area (Å²) in [6.07, 6.45) is -3.12. The van der Waals surface area contributed by atoms with Crippen molar-refractivity contribution in [2.75, 3.05) is 19.4 Å². The highest BCUT2D eigenvalue weighted by Gasteiger charge is 2.30. The minimum atomic E-state index is -4.45. The minimum Gasteiger partial charge on any atom is -0.385 e. The first kappa shape index (κ1) is 16.2. The molecule has 0 aliphatic carbocycles. The Morgan fingerprint density at radius 1 is 1.40 bits per heavy atom. The van der Waals surface area contributed by atoms with Gasteiger partial charge in [0.2, 0.25) is 0 Å². The molecule has 1 rings (SSSR count). The van der Waals surface area contributed by atoms with Crippen LogP contribution in [-0.4, -0.2) is 24.8 Å². The summed E-state index contributed by atoms with van der Waals surface area (Å²) < 4.78 is 37.4. The molecule has 0 bridgehead atoms. The van der Waals surface area contributed by atoms with E-state index >= 15 is 0 Å². The normalized spacial score (nSPS) is 12.2. The molecule has 1 aromatic rings. The van der Waals surface area contributed by atoms with E-state index in [2.05, 4.69) is 5.32 Å². The van der Waals surface area contributed by atoms with Crippen molar-refractivity contribution in [3.63, 3.8) is 0 Å². The van der Waals surface area contributed by atoms with Crippen LogP contribution < -0.4 is 11.1 Å². The Morgan fingerprint density at radius 3 is 2.45 bits per heavy atom. The van der Waals surface area contributed by atoms with Gasteiger partial charge in [0.05, 0.1) is 16.3 Å². The molecule has 0 amide bonds. The van der Waals surface area contributed by atoms with E-state index in [1.54, 1.807) is 14.1 Å². The fraction of sp³-hybridized carbons (Fsp3) is 0.250. The van der Waals surface area contributed by atoms with Crippen LogP contribution in [0.25, 0.3) is 0 Å². The third kappa shape index (κ3) is 4.34. The quantitative estimate of drug-likeness (QED) is 0.594. The first-order valence-electron chi connectivity index (χ1n) is 5.48. The fourth-order valence-corrected chi connectivity index (χ4v) is 1.49. The summed E-state index contributed by atoms with van der Waals surface area (Å²) in [6, 6.07) is 2.90. The van der Waals surface area contributed by atoms with E-state index in [1.165, 1.54) is 17.0 Å². The molecule has 1 aromatic carbocycles. The van der Waals surface area contributed by atoms with Gasteiger partial charge in [0, 0.05) is 20.2 Å². The number of hydrogen-bond acceptors (Lipinski definition) is 3. The SMILES string of the molecule is CN(C)C(=N)/C=C(\N)Nc1ccc(C(F)(F)F)cc1Cl. The Bertz CT molecular complexity index is 538. The Balaban J connectivity index is 2.92. The Morgan fingerprint density at radius 2 is 2.00 bits per heavy atom. The van der Waals surface area contributed by atoms with Crippen LogP contribution in [-0.2, 0) is 6.18 Å². The van der Waals surface area contributed by atoms with Crippen LogP contribution in [0.4, 0.5) is 18.9 Å². The van der Waals surface area contributed by atoms with Crippen LogP contribution in [0.2, 0.25) is 5.02 Å². The highest BCUT2D eigenvalue weighted by molar-refractivity contribution is 6.33. The molecule has 0 unspecified atom stereocenters. The largest absolute Gasteiger partial charge is 0.416 e. The van der Waals surface area contributed by atoms with Gasteiger partial charge in [-0.1, -0.05) is 11.6 Å². The molecule has 0 aromatic heterocycles. The van der Waals surface area contributed by atoms with Crippen molar-refractivity contribution in [2.24, 2.45) is 5.73 Å². The number of alkyl halides is 3. The number of halogens is 4. The van der Waals surface area contributed by atoms with Crippen molar-refractivity contribution in [3.05, 3.63) is 40.7 Å². The molecule has 0 aliphatic heterocycles. The second-order valence-corrected chi connectivity index (χ2v) is 4.60. The van der Waals surface area contributed by atoms with Crippen molar-refractivity contribution in [2.45, 2.75) is 6.18 Å². The predicted octanol–water partition coefficient (Wildman–Crippen LogP) is 3.11. The lowest BCUT2D eigenvalue weighted by Gasteiger charge is -2.14. The van der Waals surface area contributed by atoms with Gasteiger partial charge in [0.1, 0.15) is 11.7 Å². The number of amidine groups is 1. The third-order valence-electron chi connectivity index (χ3n) is 2.35. The molecule has 0 fully saturated rings. The number of nitrogens with one attached hydrogen (secondary N) is 2. The number of benzene rings is 1. The number of nitrogens with two attached hydrogens (primary N) is 1. The van der Waals surface area contributed by atoms with E-state index in [9.17, 15) is 13.2 Å². The molecule has 4 N–H and O–H groups in total. The van der Waals surface area contributed by atoms with Crippen molar-refractivity contribution >= 4 is 23.1 Å². The van der Waals surface area contributed by atoms with E-state index in [-0.39, 0.29) is 22.4 Å². The molecule has 20 heavy (non-hydrogen) atoms. The van der Waals surface area contributed by atoms with Gasteiger partial charge < -0.3 is 16.0 Å². The van der Waals surface area contributed by atoms with E-state index in [0.717, 1.165) is 12.1 Å². The fourth-order valence-electron chi connectivity index (χ4n) is 1.26. The summed E-state index contributed by atoms with van der Waals surface area (Å²) in [5, 5.41) is 10.1. The summed E-state index contributed by atoms with van der Waals surface area (Å²) in [4.78, 5) is 1.52. The molecule has 0 aliphatic rings. The number of hydrogen-bond donors (Lipinski definition) is 3. The number of nitrogens with zero attached hydrogens (tertiary/aromatic N) is 1. The Labute approximate surface area is 119 Å². The van der Waals surface area contributed by atoms with Gasteiger partial charge in [-0.2, -0.15) is 13.2 Å². The molecular weight excluding hydrogens is 293 g/mol. The van der Waals surface area contributed by atoms with Crippen molar-refractivity contribution in [1.82, 2.24) is 4.90 Å². The van der Waals surface area contributed by atoms with Gasteiger partial charge in [-0.25, -0.2) is 0 Å². The molecule has 4 nitrogen and oxygen atoms in total. The molecule has 0 spiro atoms. The average Bonchev–Trinajstić information content (AvgIpc) is 2.30. The molecule has 8 heteroatoms. The summed E-state index contributed by atoms with van der Waals surface area (Å²) in [6.45, 7) is 0. The Hall–Kier alpha value is -1.89. The van der Waals surface area contributed by atoms with E-state index in [1.807, 2.05) is 0 Å². The standard InChI is InChI=1S/C12H14ClF3N4/c1-20(2)11(18)6-10(17)19-9-4-3-7(5-8(9)13)12(14,15)16/h3-6,18-19H,17H2,1-2H3/b10-6+,18-11?. The lowest BCUT2D eigenvalue weighted by molar-refractivity contribution is -0.137. The van der Waals surface area contributed by atoms with Crippen LogP contribution >= 0.6 is 11.6 Å². The van der Waals surface area contributed by atoms with Gasteiger partial charge >= 0.3 is 6.18 Å². The first-order chi connectivity index (χ1) is 9.11. The molecule has 0 atom stereocenters. The zero-order valence-corrected chi connectivity index (χ0v) is 11.6. The maximum absolute atomic E-state index is 12.5. The average molecular weight is 307 g/mol. The monoisotopic (exact) mass is 306 g/mol. The highest BCUT2D eigenvalue weighted by Crippen LogP contribution is 2.33. The molecular formula is C12H14ClF3N4. The van der Waals surface area contributed by atoms with Crippen LogP contribution in [0.1, 0.15) is 5.56 Å². The predicted molar refractivity (Wildman–Crippen MR) is 73.8 cm³/mol. The topological polar surface area (TPSA) is 65.1 Å². The first-order valence-corrected chi connectivity index (χ1v) is 5.86. The third-order valence-corrected chi connectivity index (χ3v) is 2.66. The summed E-state index contributed by atoms with van der Waals surface area (Å²) >= 11 is 5.77. The van der Waals surface area contributed by atoms with Gasteiger partial charge in [-0.3, -0.25) is 5.41 Å². The molecule has 0 radical (unpaired) electrons. The maximum Gasteiger partial charge on any atom is 0.416 e. The number of likely N-dealkylation sites (N-methyl/N-ethyl adjacent to an activating group) is 1. The molecule has 110 valence electrons. The molecule has 0 saturated carbocycles. The minimum absolute atomic E-state index is 0.102. The van der Waals surface area contributed by atoms with Crippen molar-refractivity contribution in [3.8, 4) is 0 Å². The Kier molecular flexibility index (Phi) is 4.88. The second kappa shape index (κ2) is 6.04. The highest BCUT2D eigenvalue weighted by atomic mass is 35.5. The van der Waals surface area contributed by atoms with E-state index in [4.69, 9.17) is 22.7 Å². The lowest BCUT2D eigenvalue weighted by atomic mass is 10.2. The van der Waals surface area contributed by atoms with Gasteiger partial charge in [-0.15, -0.1) is 0 Å². The van der Waals surface area contributed by atoms with Crippen LogP contribution in [0, 0.1) is 5.41 Å². The molecule has 0 heterocycles. The summed E-state index contributed by atoms with van der Waals surface area (Å²) in [7, 11) is 3.33. The van der Waals surface area contributed by atoms with Gasteiger partial charge in [-0.05, 0) is 18.2 Å². The zero-order valence-electron chi connectivity index (χ0n) is 10.8. The van der Waals surface area contributed by atoms with Gasteiger partial charge in [0.25, 0.3) is 0 Å². The van der Waals surface area contributed by atoms with Crippen molar-refractivity contribution < 1.29 is 13.2 Å². The zero-order chi connectivity index (χ0) is 15.5. The smallest absolute Gasteiger partial charge is 0.385 e. The molecule has 0 saturated heterocycles. The maximum atomic E-state index is 12.5. The van der Waals surface area contributed by atoms with Crippen molar-refractivity contribution in [1.29, 1.82) is 5.41 Å². The summed E-state index contributed by atoms with van der Waals surface area (Å²) in [5.74, 6) is 0.239. The lowest BCUT2D eigenvalue weighted by Crippen LogP contribution is -2.21. The summed E-state index contributed by atoms with van der Waals surface area (Å²) in [5.41, 5.74) is 5.04. The van der Waals surface area contributed by atoms with Crippen LogP contribution in [0.3, 0.4) is 0 Å². The van der Waals surface area contributed by atoms with Gasteiger partial charge in [0.15, 0.2) is 0 Å². The number of anilines is 1. The van der Waals surface area contributed by atoms with Crippen LogP contribution in [0.15, 0.2) is 30.1 Å². The second-order valence-electron chi connectivity index (χ2n) is 4.20. The van der Waals surface area contributed by atoms with E-state index < -0.39 is 11.7 Å².